The molecular weight excluding hydrogens is 302 g/mol. The minimum atomic E-state index is 0.132. The number of hydrogen-bond donors (Lipinski definition) is 0. The van der Waals surface area contributed by atoms with E-state index in [1.807, 2.05) is 30.5 Å². The molecule has 2 aliphatic heterocycles. The number of fused-ring (bicyclic) bond motifs is 1. The highest BCUT2D eigenvalue weighted by atomic mass is 16.6. The number of nitrogens with zero attached hydrogens (tertiary/aromatic N) is 3. The largest absolute Gasteiger partial charge is 0.486 e. The summed E-state index contributed by atoms with van der Waals surface area (Å²) in [7, 11) is 0. The Labute approximate surface area is 143 Å². The van der Waals surface area contributed by atoms with Crippen LogP contribution in [0, 0.1) is 12.8 Å². The van der Waals surface area contributed by atoms with Crippen LogP contribution in [0.3, 0.4) is 0 Å². The van der Waals surface area contributed by atoms with E-state index in [0.717, 1.165) is 49.4 Å². The molecule has 0 amide bonds. The molecule has 0 bridgehead atoms. The third-order valence-electron chi connectivity index (χ3n) is 5.12. The molecule has 2 aliphatic rings. The van der Waals surface area contributed by atoms with E-state index in [4.69, 9.17) is 9.47 Å². The molecule has 1 saturated heterocycles. The molecule has 0 N–H and O–H groups in total. The number of hydrogen-bond acceptors (Lipinski definition) is 4. The summed E-state index contributed by atoms with van der Waals surface area (Å²) in [4.78, 5) is 6.83. The molecule has 0 saturated carbocycles. The first-order chi connectivity index (χ1) is 11.8. The topological polar surface area (TPSA) is 39.5 Å². The molecule has 2 aromatic rings. The quantitative estimate of drug-likeness (QED) is 0.866. The molecule has 0 radical (unpaired) electrons. The van der Waals surface area contributed by atoms with Gasteiger partial charge in [0.2, 0.25) is 0 Å². The van der Waals surface area contributed by atoms with Crippen molar-refractivity contribution >= 4 is 0 Å². The summed E-state index contributed by atoms with van der Waals surface area (Å²) in [5.74, 6) is 3.60. The van der Waals surface area contributed by atoms with Crippen molar-refractivity contribution in [1.29, 1.82) is 0 Å². The Morgan fingerprint density at radius 2 is 1.92 bits per heavy atom. The van der Waals surface area contributed by atoms with Crippen molar-refractivity contribution < 1.29 is 9.47 Å². The summed E-state index contributed by atoms with van der Waals surface area (Å²) in [6, 6.07) is 7.93. The standard InChI is InChI=1S/C19H25N3O2/c1-15-20-8-11-22(15)12-16-6-9-21(10-7-16)13-17-14-23-18-4-2-3-5-19(18)24-17/h2-5,8,11,16-17H,6-7,9-10,12-14H2,1H3/t17-/m1/s1. The van der Waals surface area contributed by atoms with Crippen LogP contribution in [-0.4, -0.2) is 46.8 Å². The van der Waals surface area contributed by atoms with Crippen molar-refractivity contribution in [2.75, 3.05) is 26.2 Å². The Morgan fingerprint density at radius 1 is 1.12 bits per heavy atom. The van der Waals surface area contributed by atoms with E-state index in [1.165, 1.54) is 12.8 Å². The van der Waals surface area contributed by atoms with Crippen LogP contribution in [0.5, 0.6) is 11.5 Å². The molecule has 4 rings (SSSR count). The van der Waals surface area contributed by atoms with Crippen molar-refractivity contribution in [2.45, 2.75) is 32.4 Å². The maximum atomic E-state index is 6.08. The van der Waals surface area contributed by atoms with Crippen molar-refractivity contribution in [3.8, 4) is 11.5 Å². The molecule has 1 aromatic heterocycles. The van der Waals surface area contributed by atoms with Crippen LogP contribution in [0.25, 0.3) is 0 Å². The Hall–Kier alpha value is -2.01. The monoisotopic (exact) mass is 327 g/mol. The highest BCUT2D eigenvalue weighted by Crippen LogP contribution is 2.31. The van der Waals surface area contributed by atoms with Crippen molar-refractivity contribution in [3.63, 3.8) is 0 Å². The molecule has 0 aliphatic carbocycles. The normalized spacial score (nSPS) is 21.8. The number of rotatable bonds is 4. The SMILES string of the molecule is Cc1nccn1CC1CCN(C[C@@H]2COc3ccccc3O2)CC1. The second kappa shape index (κ2) is 6.85. The number of imidazole rings is 1. The summed E-state index contributed by atoms with van der Waals surface area (Å²) >= 11 is 0. The lowest BCUT2D eigenvalue weighted by molar-refractivity contribution is 0.0466. The van der Waals surface area contributed by atoms with Crippen LogP contribution < -0.4 is 9.47 Å². The molecule has 128 valence electrons. The number of piperidine rings is 1. The summed E-state index contributed by atoms with van der Waals surface area (Å²) in [6.07, 6.45) is 6.59. The van der Waals surface area contributed by atoms with E-state index in [2.05, 4.69) is 27.6 Å². The van der Waals surface area contributed by atoms with Gasteiger partial charge in [0.25, 0.3) is 0 Å². The van der Waals surface area contributed by atoms with E-state index >= 15 is 0 Å². The van der Waals surface area contributed by atoms with Gasteiger partial charge >= 0.3 is 0 Å². The van der Waals surface area contributed by atoms with E-state index in [9.17, 15) is 0 Å². The Balaban J connectivity index is 1.26. The summed E-state index contributed by atoms with van der Waals surface area (Å²) in [5.41, 5.74) is 0. The second-order valence-electron chi connectivity index (χ2n) is 6.87. The molecule has 0 spiro atoms. The van der Waals surface area contributed by atoms with E-state index in [-0.39, 0.29) is 6.10 Å². The van der Waals surface area contributed by atoms with Gasteiger partial charge in [-0.1, -0.05) is 12.1 Å². The van der Waals surface area contributed by atoms with Gasteiger partial charge in [-0.25, -0.2) is 4.98 Å². The highest BCUT2D eigenvalue weighted by Gasteiger charge is 2.26. The van der Waals surface area contributed by atoms with Crippen LogP contribution in [0.4, 0.5) is 0 Å². The first-order valence-electron chi connectivity index (χ1n) is 8.86. The minimum absolute atomic E-state index is 0.132. The molecule has 1 atom stereocenters. The van der Waals surface area contributed by atoms with Gasteiger partial charge in [-0.3, -0.25) is 4.90 Å². The molecular formula is C19H25N3O2. The maximum Gasteiger partial charge on any atom is 0.161 e. The summed E-state index contributed by atoms with van der Waals surface area (Å²) in [6.45, 7) is 7.04. The number of likely N-dealkylation sites (tertiary alicyclic amines) is 1. The predicted molar refractivity (Wildman–Crippen MR) is 92.5 cm³/mol. The molecule has 1 aromatic carbocycles. The third-order valence-corrected chi connectivity index (χ3v) is 5.12. The van der Waals surface area contributed by atoms with Crippen LogP contribution >= 0.6 is 0 Å². The van der Waals surface area contributed by atoms with E-state index in [0.29, 0.717) is 6.61 Å². The zero-order chi connectivity index (χ0) is 16.4. The Bertz CT molecular complexity index is 677. The fourth-order valence-corrected chi connectivity index (χ4v) is 3.67. The summed E-state index contributed by atoms with van der Waals surface area (Å²) < 4.78 is 14.2. The van der Waals surface area contributed by atoms with Crippen LogP contribution in [0.2, 0.25) is 0 Å². The van der Waals surface area contributed by atoms with Crippen molar-refractivity contribution in [1.82, 2.24) is 14.5 Å². The zero-order valence-corrected chi connectivity index (χ0v) is 14.2. The predicted octanol–water partition coefficient (Wildman–Crippen LogP) is 2.74. The lowest BCUT2D eigenvalue weighted by atomic mass is 9.96. The van der Waals surface area contributed by atoms with Gasteiger partial charge in [-0.05, 0) is 50.9 Å². The number of ether oxygens (including phenoxy) is 2. The fraction of sp³-hybridized carbons (Fsp3) is 0.526. The average molecular weight is 327 g/mol. The number of aromatic nitrogens is 2. The van der Waals surface area contributed by atoms with Crippen LogP contribution in [0.1, 0.15) is 18.7 Å². The molecule has 3 heterocycles. The molecule has 1 fully saturated rings. The van der Waals surface area contributed by atoms with Gasteiger partial charge in [0.1, 0.15) is 18.5 Å². The van der Waals surface area contributed by atoms with Gasteiger partial charge in [0.05, 0.1) is 0 Å². The molecule has 24 heavy (non-hydrogen) atoms. The second-order valence-corrected chi connectivity index (χ2v) is 6.87. The zero-order valence-electron chi connectivity index (χ0n) is 14.2. The lowest BCUT2D eigenvalue weighted by Crippen LogP contribution is -2.44. The van der Waals surface area contributed by atoms with E-state index in [1.54, 1.807) is 0 Å². The van der Waals surface area contributed by atoms with Gasteiger partial charge in [0, 0.05) is 25.5 Å². The maximum absolute atomic E-state index is 6.08. The van der Waals surface area contributed by atoms with Crippen molar-refractivity contribution in [2.24, 2.45) is 5.92 Å². The van der Waals surface area contributed by atoms with Gasteiger partial charge in [-0.15, -0.1) is 0 Å². The van der Waals surface area contributed by atoms with Gasteiger partial charge in [-0.2, -0.15) is 0 Å². The molecule has 0 unspecified atom stereocenters. The fourth-order valence-electron chi connectivity index (χ4n) is 3.67. The van der Waals surface area contributed by atoms with Crippen molar-refractivity contribution in [3.05, 3.63) is 42.5 Å². The number of para-hydroxylation sites is 2. The highest BCUT2D eigenvalue weighted by molar-refractivity contribution is 5.40. The van der Waals surface area contributed by atoms with Gasteiger partial charge < -0.3 is 14.0 Å². The van der Waals surface area contributed by atoms with Crippen LogP contribution in [-0.2, 0) is 6.54 Å². The first kappa shape index (κ1) is 15.5. The smallest absolute Gasteiger partial charge is 0.161 e. The average Bonchev–Trinajstić information content (AvgIpc) is 3.01. The van der Waals surface area contributed by atoms with E-state index < -0.39 is 0 Å². The molecule has 5 heteroatoms. The lowest BCUT2D eigenvalue weighted by Gasteiger charge is -2.35. The Kier molecular flexibility index (Phi) is 4.43. The first-order valence-corrected chi connectivity index (χ1v) is 8.86. The van der Waals surface area contributed by atoms with Crippen LogP contribution in [0.15, 0.2) is 36.7 Å². The Morgan fingerprint density at radius 3 is 2.67 bits per heavy atom. The third kappa shape index (κ3) is 3.41. The minimum Gasteiger partial charge on any atom is -0.486 e. The summed E-state index contributed by atoms with van der Waals surface area (Å²) in [5, 5.41) is 0. The van der Waals surface area contributed by atoms with Gasteiger partial charge in [0.15, 0.2) is 11.5 Å². The number of aryl methyl sites for hydroxylation is 1. The number of benzene rings is 1. The molecule has 5 nitrogen and oxygen atoms in total.